The van der Waals surface area contributed by atoms with Crippen LogP contribution in [0.4, 0.5) is 0 Å². The molecule has 1 aromatic heterocycles. The number of methoxy groups -OCH3 is 2. The molecule has 0 amide bonds. The molecule has 0 aliphatic rings. The molecule has 0 aliphatic heterocycles. The first-order valence-corrected chi connectivity index (χ1v) is 7.37. The van der Waals surface area contributed by atoms with Gasteiger partial charge in [0.15, 0.2) is 11.5 Å². The smallest absolute Gasteiger partial charge is 0.332 e. The third-order valence-electron chi connectivity index (χ3n) is 3.62. The van der Waals surface area contributed by atoms with E-state index in [0.717, 1.165) is 5.57 Å². The molecule has 23 heavy (non-hydrogen) atoms. The Morgan fingerprint density at radius 2 is 1.74 bits per heavy atom. The number of hydrogen-bond acceptors (Lipinski definition) is 4. The summed E-state index contributed by atoms with van der Waals surface area (Å²) in [5.74, 6) is 0.921. The quantitative estimate of drug-likeness (QED) is 0.794. The summed E-state index contributed by atoms with van der Waals surface area (Å²) < 4.78 is 13.4. The van der Waals surface area contributed by atoms with Crippen LogP contribution in [0.2, 0.25) is 0 Å². The fourth-order valence-electron chi connectivity index (χ4n) is 2.59. The van der Waals surface area contributed by atoms with E-state index in [9.17, 15) is 9.59 Å². The highest BCUT2D eigenvalue weighted by Gasteiger charge is 2.18. The van der Waals surface area contributed by atoms with Gasteiger partial charge in [-0.1, -0.05) is 12.2 Å². The summed E-state index contributed by atoms with van der Waals surface area (Å²) in [6.07, 6.45) is 0. The van der Waals surface area contributed by atoms with Gasteiger partial charge >= 0.3 is 5.69 Å². The summed E-state index contributed by atoms with van der Waals surface area (Å²) >= 11 is 0. The van der Waals surface area contributed by atoms with Gasteiger partial charge in [0.1, 0.15) is 0 Å². The standard InChI is InChI=1S/C17H22N2O4/c1-10(2)9-18-13-8-15(23-6)14(22-5)7-12(13)16(20)19(11(3)4)17(18)21/h7-8,11H,1,9H2,2-6H3. The predicted octanol–water partition coefficient (Wildman–Crippen LogP) is 2.34. The van der Waals surface area contributed by atoms with Crippen molar-refractivity contribution in [2.24, 2.45) is 0 Å². The van der Waals surface area contributed by atoms with Crippen molar-refractivity contribution >= 4 is 10.9 Å². The summed E-state index contributed by atoms with van der Waals surface area (Å²) in [4.78, 5) is 25.5. The number of rotatable bonds is 5. The van der Waals surface area contributed by atoms with E-state index in [1.807, 2.05) is 6.92 Å². The van der Waals surface area contributed by atoms with Crippen molar-refractivity contribution in [2.75, 3.05) is 14.2 Å². The normalized spacial score (nSPS) is 11.0. The number of hydrogen-bond donors (Lipinski definition) is 0. The van der Waals surface area contributed by atoms with E-state index in [2.05, 4.69) is 6.58 Å². The van der Waals surface area contributed by atoms with Crippen LogP contribution in [-0.4, -0.2) is 23.4 Å². The Balaban J connectivity index is 3.02. The van der Waals surface area contributed by atoms with Crippen LogP contribution in [-0.2, 0) is 6.54 Å². The highest BCUT2D eigenvalue weighted by atomic mass is 16.5. The van der Waals surface area contributed by atoms with Gasteiger partial charge in [0.25, 0.3) is 5.56 Å². The molecule has 6 nitrogen and oxygen atoms in total. The van der Waals surface area contributed by atoms with Crippen LogP contribution in [0.1, 0.15) is 26.8 Å². The summed E-state index contributed by atoms with van der Waals surface area (Å²) in [7, 11) is 3.02. The summed E-state index contributed by atoms with van der Waals surface area (Å²) in [5, 5.41) is 0.414. The van der Waals surface area contributed by atoms with E-state index in [0.29, 0.717) is 28.9 Å². The zero-order chi connectivity index (χ0) is 17.3. The number of aromatic nitrogens is 2. The lowest BCUT2D eigenvalue weighted by Gasteiger charge is -2.18. The molecule has 0 atom stereocenters. The molecule has 0 saturated carbocycles. The molecule has 0 unspecified atom stereocenters. The Morgan fingerprint density at radius 1 is 1.17 bits per heavy atom. The van der Waals surface area contributed by atoms with Crippen LogP contribution in [0.3, 0.4) is 0 Å². The second kappa shape index (κ2) is 6.32. The molecule has 0 bridgehead atoms. The lowest BCUT2D eigenvalue weighted by atomic mass is 10.2. The zero-order valence-electron chi connectivity index (χ0n) is 14.2. The second-order valence-electron chi connectivity index (χ2n) is 5.82. The third-order valence-corrected chi connectivity index (χ3v) is 3.62. The number of benzene rings is 1. The molecule has 0 saturated heterocycles. The lowest BCUT2D eigenvalue weighted by molar-refractivity contribution is 0.355. The minimum Gasteiger partial charge on any atom is -0.493 e. The van der Waals surface area contributed by atoms with Crippen molar-refractivity contribution in [3.63, 3.8) is 0 Å². The Kier molecular flexibility index (Phi) is 4.63. The van der Waals surface area contributed by atoms with Crippen LogP contribution < -0.4 is 20.7 Å². The van der Waals surface area contributed by atoms with Gasteiger partial charge in [0.05, 0.1) is 25.1 Å². The van der Waals surface area contributed by atoms with Crippen molar-refractivity contribution in [1.29, 1.82) is 0 Å². The molecule has 0 fully saturated rings. The Bertz CT molecular complexity index is 875. The van der Waals surface area contributed by atoms with E-state index in [1.54, 1.807) is 30.5 Å². The topological polar surface area (TPSA) is 62.5 Å². The Morgan fingerprint density at radius 3 is 2.22 bits per heavy atom. The molecule has 1 heterocycles. The maximum Gasteiger partial charge on any atom is 0.332 e. The van der Waals surface area contributed by atoms with Crippen molar-refractivity contribution in [3.8, 4) is 11.5 Å². The first kappa shape index (κ1) is 16.9. The van der Waals surface area contributed by atoms with Gasteiger partial charge in [0, 0.05) is 18.7 Å². The number of nitrogens with zero attached hydrogens (tertiary/aromatic N) is 2. The van der Waals surface area contributed by atoms with Gasteiger partial charge in [-0.25, -0.2) is 4.79 Å². The van der Waals surface area contributed by atoms with Crippen molar-refractivity contribution in [1.82, 2.24) is 9.13 Å². The molecule has 0 N–H and O–H groups in total. The van der Waals surface area contributed by atoms with E-state index >= 15 is 0 Å². The molecule has 2 aromatic rings. The minimum atomic E-state index is -0.354. The molecule has 1 aromatic carbocycles. The minimum absolute atomic E-state index is 0.246. The molecule has 0 spiro atoms. The number of allylic oxidation sites excluding steroid dienone is 1. The molecule has 0 radical (unpaired) electrons. The second-order valence-corrected chi connectivity index (χ2v) is 5.82. The third kappa shape index (κ3) is 2.88. The average Bonchev–Trinajstić information content (AvgIpc) is 2.49. The van der Waals surface area contributed by atoms with Gasteiger partial charge in [-0.3, -0.25) is 13.9 Å². The lowest BCUT2D eigenvalue weighted by Crippen LogP contribution is -2.41. The zero-order valence-corrected chi connectivity index (χ0v) is 14.2. The van der Waals surface area contributed by atoms with Crippen LogP contribution in [0.25, 0.3) is 10.9 Å². The maximum atomic E-state index is 12.7. The molecule has 6 heteroatoms. The van der Waals surface area contributed by atoms with Gasteiger partial charge < -0.3 is 9.47 Å². The molecule has 0 aliphatic carbocycles. The first-order chi connectivity index (χ1) is 10.8. The van der Waals surface area contributed by atoms with Gasteiger partial charge in [-0.05, 0) is 26.8 Å². The predicted molar refractivity (Wildman–Crippen MR) is 90.8 cm³/mol. The molecular weight excluding hydrogens is 296 g/mol. The number of fused-ring (bicyclic) bond motifs is 1. The first-order valence-electron chi connectivity index (χ1n) is 7.37. The van der Waals surface area contributed by atoms with E-state index < -0.39 is 0 Å². The van der Waals surface area contributed by atoms with Crippen molar-refractivity contribution in [3.05, 3.63) is 45.1 Å². The monoisotopic (exact) mass is 318 g/mol. The highest BCUT2D eigenvalue weighted by molar-refractivity contribution is 5.82. The van der Waals surface area contributed by atoms with Gasteiger partial charge in [-0.15, -0.1) is 0 Å². The molecular formula is C17H22N2O4. The maximum absolute atomic E-state index is 12.7. The Hall–Kier alpha value is -2.50. The fourth-order valence-corrected chi connectivity index (χ4v) is 2.59. The molecule has 2 rings (SSSR count). The van der Waals surface area contributed by atoms with Crippen LogP contribution >= 0.6 is 0 Å². The van der Waals surface area contributed by atoms with Crippen molar-refractivity contribution in [2.45, 2.75) is 33.4 Å². The van der Waals surface area contributed by atoms with E-state index in [-0.39, 0.29) is 17.3 Å². The average molecular weight is 318 g/mol. The van der Waals surface area contributed by atoms with Gasteiger partial charge in [0.2, 0.25) is 0 Å². The SMILES string of the molecule is C=C(C)Cn1c(=O)n(C(C)C)c(=O)c2cc(OC)c(OC)cc21. The van der Waals surface area contributed by atoms with Crippen LogP contribution in [0, 0.1) is 0 Å². The van der Waals surface area contributed by atoms with E-state index in [1.165, 1.54) is 18.8 Å². The van der Waals surface area contributed by atoms with Crippen LogP contribution in [0.15, 0.2) is 33.9 Å². The summed E-state index contributed by atoms with van der Waals surface area (Å²) in [6.45, 7) is 9.65. The van der Waals surface area contributed by atoms with E-state index in [4.69, 9.17) is 9.47 Å². The summed E-state index contributed by atoms with van der Waals surface area (Å²) in [5.41, 5.74) is 0.640. The highest BCUT2D eigenvalue weighted by Crippen LogP contribution is 2.30. The molecule has 124 valence electrons. The summed E-state index contributed by atoms with van der Waals surface area (Å²) in [6, 6.07) is 3.03. The van der Waals surface area contributed by atoms with Crippen molar-refractivity contribution < 1.29 is 9.47 Å². The van der Waals surface area contributed by atoms with Gasteiger partial charge in [-0.2, -0.15) is 0 Å². The Labute approximate surface area is 134 Å². The van der Waals surface area contributed by atoms with Crippen LogP contribution in [0.5, 0.6) is 11.5 Å². The number of ether oxygens (including phenoxy) is 2. The fraction of sp³-hybridized carbons (Fsp3) is 0.412. The largest absolute Gasteiger partial charge is 0.493 e.